The summed E-state index contributed by atoms with van der Waals surface area (Å²) in [5, 5.41) is 3.05. The first-order chi connectivity index (χ1) is 12.1. The lowest BCUT2D eigenvalue weighted by molar-refractivity contribution is 0.0935. The second-order valence-electron chi connectivity index (χ2n) is 6.58. The summed E-state index contributed by atoms with van der Waals surface area (Å²) in [6.45, 7) is 5.85. The summed E-state index contributed by atoms with van der Waals surface area (Å²) < 4.78 is 24.6. The molecule has 0 spiro atoms. The Morgan fingerprint density at radius 2 is 1.73 bits per heavy atom. The maximum atomic E-state index is 12.6. The van der Waals surface area contributed by atoms with Crippen molar-refractivity contribution < 1.29 is 13.2 Å². The standard InChI is InChI=1S/C20H26N2O3S/c1-6-18(16-9-7-14(2)8-10-16)21-20(23)17-11-12-19(15(3)13-17)22(4)26(5,24)25/h7-13,18H,6H2,1-5H3,(H,21,23)/t18-/m1/s1. The predicted molar refractivity (Wildman–Crippen MR) is 106 cm³/mol. The van der Waals surface area contributed by atoms with Gasteiger partial charge in [0.1, 0.15) is 0 Å². The lowest BCUT2D eigenvalue weighted by atomic mass is 10.0. The van der Waals surface area contributed by atoms with Gasteiger partial charge in [0, 0.05) is 12.6 Å². The van der Waals surface area contributed by atoms with Gasteiger partial charge in [-0.2, -0.15) is 0 Å². The van der Waals surface area contributed by atoms with Crippen LogP contribution < -0.4 is 9.62 Å². The van der Waals surface area contributed by atoms with E-state index in [0.717, 1.165) is 23.8 Å². The molecule has 2 aromatic rings. The Hall–Kier alpha value is -2.34. The van der Waals surface area contributed by atoms with E-state index in [1.807, 2.05) is 38.1 Å². The monoisotopic (exact) mass is 374 g/mol. The predicted octanol–water partition coefficient (Wildman–Crippen LogP) is 3.58. The first-order valence-corrected chi connectivity index (χ1v) is 10.4. The van der Waals surface area contributed by atoms with Gasteiger partial charge in [0.25, 0.3) is 5.91 Å². The van der Waals surface area contributed by atoms with E-state index in [9.17, 15) is 13.2 Å². The molecule has 0 fully saturated rings. The van der Waals surface area contributed by atoms with Gasteiger partial charge < -0.3 is 5.32 Å². The van der Waals surface area contributed by atoms with Gasteiger partial charge in [-0.3, -0.25) is 9.10 Å². The van der Waals surface area contributed by atoms with Crippen molar-refractivity contribution in [3.63, 3.8) is 0 Å². The Balaban J connectivity index is 2.21. The molecule has 1 atom stereocenters. The highest BCUT2D eigenvalue weighted by Gasteiger charge is 2.18. The van der Waals surface area contributed by atoms with Crippen LogP contribution in [0.1, 0.15) is 46.4 Å². The molecule has 0 saturated heterocycles. The number of rotatable bonds is 6. The number of nitrogens with zero attached hydrogens (tertiary/aromatic N) is 1. The molecular formula is C20H26N2O3S. The molecule has 0 heterocycles. The number of aryl methyl sites for hydroxylation is 2. The minimum absolute atomic E-state index is 0.0678. The van der Waals surface area contributed by atoms with Crippen molar-refractivity contribution >= 4 is 21.6 Å². The van der Waals surface area contributed by atoms with E-state index in [1.54, 1.807) is 25.1 Å². The van der Waals surface area contributed by atoms with E-state index in [4.69, 9.17) is 0 Å². The van der Waals surface area contributed by atoms with Crippen LogP contribution in [0.4, 0.5) is 5.69 Å². The van der Waals surface area contributed by atoms with Crippen molar-refractivity contribution in [2.24, 2.45) is 0 Å². The zero-order valence-corrected chi connectivity index (χ0v) is 16.7. The van der Waals surface area contributed by atoms with E-state index < -0.39 is 10.0 Å². The average molecular weight is 375 g/mol. The summed E-state index contributed by atoms with van der Waals surface area (Å²) >= 11 is 0. The van der Waals surface area contributed by atoms with Crippen LogP contribution >= 0.6 is 0 Å². The third kappa shape index (κ3) is 4.64. The number of hydrogen-bond donors (Lipinski definition) is 1. The van der Waals surface area contributed by atoms with Gasteiger partial charge in [-0.1, -0.05) is 36.8 Å². The molecule has 0 aliphatic heterocycles. The molecule has 140 valence electrons. The fourth-order valence-electron chi connectivity index (χ4n) is 2.79. The van der Waals surface area contributed by atoms with Crippen LogP contribution in [0.25, 0.3) is 0 Å². The lowest BCUT2D eigenvalue weighted by Gasteiger charge is -2.21. The highest BCUT2D eigenvalue weighted by Crippen LogP contribution is 2.23. The van der Waals surface area contributed by atoms with Crippen LogP contribution in [0.2, 0.25) is 0 Å². The largest absolute Gasteiger partial charge is 0.345 e. The molecule has 0 aliphatic carbocycles. The van der Waals surface area contributed by atoms with E-state index in [-0.39, 0.29) is 11.9 Å². The maximum absolute atomic E-state index is 12.6. The minimum Gasteiger partial charge on any atom is -0.345 e. The molecule has 2 rings (SSSR count). The Morgan fingerprint density at radius 3 is 2.23 bits per heavy atom. The number of benzene rings is 2. The molecule has 1 N–H and O–H groups in total. The van der Waals surface area contributed by atoms with Gasteiger partial charge in [0.05, 0.1) is 18.0 Å². The summed E-state index contributed by atoms with van der Waals surface area (Å²) in [5.41, 5.74) is 4.05. The topological polar surface area (TPSA) is 66.5 Å². The Morgan fingerprint density at radius 1 is 1.12 bits per heavy atom. The SMILES string of the molecule is CC[C@@H](NC(=O)c1ccc(N(C)S(C)(=O)=O)c(C)c1)c1ccc(C)cc1. The molecule has 26 heavy (non-hydrogen) atoms. The molecule has 0 saturated carbocycles. The second kappa shape index (κ2) is 7.91. The summed E-state index contributed by atoms with van der Waals surface area (Å²) in [7, 11) is -1.84. The fourth-order valence-corrected chi connectivity index (χ4v) is 3.35. The summed E-state index contributed by atoms with van der Waals surface area (Å²) in [6.07, 6.45) is 1.93. The van der Waals surface area contributed by atoms with Crippen LogP contribution in [0.15, 0.2) is 42.5 Å². The highest BCUT2D eigenvalue weighted by molar-refractivity contribution is 7.92. The van der Waals surface area contributed by atoms with Gasteiger partial charge in [0.2, 0.25) is 10.0 Å². The first kappa shape index (κ1) is 20.0. The normalized spacial score (nSPS) is 12.5. The van der Waals surface area contributed by atoms with Gasteiger partial charge in [-0.15, -0.1) is 0 Å². The van der Waals surface area contributed by atoms with Crippen molar-refractivity contribution in [1.82, 2.24) is 5.32 Å². The Labute approximate surface area is 156 Å². The second-order valence-corrected chi connectivity index (χ2v) is 8.59. The highest BCUT2D eigenvalue weighted by atomic mass is 32.2. The van der Waals surface area contributed by atoms with E-state index in [1.165, 1.54) is 16.9 Å². The maximum Gasteiger partial charge on any atom is 0.251 e. The molecule has 1 amide bonds. The van der Waals surface area contributed by atoms with Gasteiger partial charge >= 0.3 is 0 Å². The quantitative estimate of drug-likeness (QED) is 0.840. The van der Waals surface area contributed by atoms with Gasteiger partial charge in [-0.25, -0.2) is 8.42 Å². The van der Waals surface area contributed by atoms with Crippen molar-refractivity contribution in [3.05, 3.63) is 64.7 Å². The summed E-state index contributed by atoms with van der Waals surface area (Å²) in [6, 6.07) is 13.1. The molecule has 0 aromatic heterocycles. The summed E-state index contributed by atoms with van der Waals surface area (Å²) in [5.74, 6) is -0.172. The van der Waals surface area contributed by atoms with Crippen molar-refractivity contribution in [3.8, 4) is 0 Å². The number of sulfonamides is 1. The van der Waals surface area contributed by atoms with Crippen LogP contribution in [0.5, 0.6) is 0 Å². The molecule has 6 heteroatoms. The summed E-state index contributed by atoms with van der Waals surface area (Å²) in [4.78, 5) is 12.6. The number of amides is 1. The van der Waals surface area contributed by atoms with Crippen molar-refractivity contribution in [1.29, 1.82) is 0 Å². The Bertz CT molecular complexity index is 890. The molecule has 2 aromatic carbocycles. The third-order valence-corrected chi connectivity index (χ3v) is 5.68. The molecule has 5 nitrogen and oxygen atoms in total. The molecule has 0 aliphatic rings. The number of carbonyl (C=O) groups is 1. The van der Waals surface area contributed by atoms with E-state index in [2.05, 4.69) is 5.32 Å². The number of anilines is 1. The van der Waals surface area contributed by atoms with Crippen LogP contribution in [0, 0.1) is 13.8 Å². The third-order valence-electron chi connectivity index (χ3n) is 4.49. The smallest absolute Gasteiger partial charge is 0.251 e. The molecule has 0 unspecified atom stereocenters. The molecule has 0 radical (unpaired) electrons. The van der Waals surface area contributed by atoms with Crippen LogP contribution in [-0.2, 0) is 10.0 Å². The Kier molecular flexibility index (Phi) is 6.08. The molecule has 0 bridgehead atoms. The fraction of sp³-hybridized carbons (Fsp3) is 0.350. The van der Waals surface area contributed by atoms with Gasteiger partial charge in [0.15, 0.2) is 0 Å². The van der Waals surface area contributed by atoms with Gasteiger partial charge in [-0.05, 0) is 49.6 Å². The first-order valence-electron chi connectivity index (χ1n) is 8.55. The average Bonchev–Trinajstić information content (AvgIpc) is 2.59. The zero-order valence-electron chi connectivity index (χ0n) is 15.9. The van der Waals surface area contributed by atoms with Crippen molar-refractivity contribution in [2.75, 3.05) is 17.6 Å². The lowest BCUT2D eigenvalue weighted by Crippen LogP contribution is -2.29. The minimum atomic E-state index is -3.34. The number of nitrogens with one attached hydrogen (secondary N) is 1. The number of hydrogen-bond acceptors (Lipinski definition) is 3. The van der Waals surface area contributed by atoms with Crippen LogP contribution in [0.3, 0.4) is 0 Å². The van der Waals surface area contributed by atoms with E-state index in [0.29, 0.717) is 11.3 Å². The van der Waals surface area contributed by atoms with Crippen LogP contribution in [-0.4, -0.2) is 27.6 Å². The number of carbonyl (C=O) groups excluding carboxylic acids is 1. The molecular weight excluding hydrogens is 348 g/mol. The van der Waals surface area contributed by atoms with E-state index >= 15 is 0 Å². The van der Waals surface area contributed by atoms with Crippen molar-refractivity contribution in [2.45, 2.75) is 33.2 Å². The zero-order chi connectivity index (χ0) is 19.5.